The zero-order valence-corrected chi connectivity index (χ0v) is 9.17. The van der Waals surface area contributed by atoms with Crippen LogP contribution in [0.3, 0.4) is 0 Å². The van der Waals surface area contributed by atoms with Gasteiger partial charge in [-0.3, -0.25) is 0 Å². The predicted octanol–water partition coefficient (Wildman–Crippen LogP) is 2.76. The lowest BCUT2D eigenvalue weighted by atomic mass is 10.2. The summed E-state index contributed by atoms with van der Waals surface area (Å²) in [7, 11) is 0. The van der Waals surface area contributed by atoms with Crippen molar-refractivity contribution in [3.63, 3.8) is 0 Å². The Morgan fingerprint density at radius 1 is 1.67 bits per heavy atom. The maximum atomic E-state index is 3.47. The van der Waals surface area contributed by atoms with Crippen LogP contribution in [0.1, 0.15) is 18.5 Å². The molecule has 0 amide bonds. The maximum Gasteiger partial charge on any atom is 0.0300 e. The highest BCUT2D eigenvalue weighted by Crippen LogP contribution is 2.15. The van der Waals surface area contributed by atoms with Crippen molar-refractivity contribution < 1.29 is 0 Å². The van der Waals surface area contributed by atoms with Gasteiger partial charge < -0.3 is 5.32 Å². The third kappa shape index (κ3) is 3.17. The minimum Gasteiger partial charge on any atom is -0.309 e. The van der Waals surface area contributed by atoms with Gasteiger partial charge in [-0.05, 0) is 35.6 Å². The summed E-state index contributed by atoms with van der Waals surface area (Å²) < 4.78 is 0. The quantitative estimate of drug-likeness (QED) is 0.735. The minimum absolute atomic E-state index is 0.503. The van der Waals surface area contributed by atoms with Gasteiger partial charge >= 0.3 is 0 Å². The van der Waals surface area contributed by atoms with Gasteiger partial charge in [-0.15, -0.1) is 0 Å². The van der Waals surface area contributed by atoms with E-state index in [0.29, 0.717) is 6.04 Å². The summed E-state index contributed by atoms with van der Waals surface area (Å²) in [4.78, 5) is 0. The molecular formula is C9H15NS2. The Bertz CT molecular complexity index is 196. The van der Waals surface area contributed by atoms with E-state index in [1.807, 2.05) is 11.8 Å². The van der Waals surface area contributed by atoms with Crippen molar-refractivity contribution in [2.45, 2.75) is 13.0 Å². The first-order valence-corrected chi connectivity index (χ1v) is 6.42. The SMILES string of the molecule is CSCCNC(C)c1ccsc1. The topological polar surface area (TPSA) is 12.0 Å². The van der Waals surface area contributed by atoms with Crippen LogP contribution in [-0.4, -0.2) is 18.6 Å². The first-order valence-electron chi connectivity index (χ1n) is 4.09. The fourth-order valence-electron chi connectivity index (χ4n) is 1.02. The summed E-state index contributed by atoms with van der Waals surface area (Å²) in [6, 6.07) is 2.69. The molecule has 12 heavy (non-hydrogen) atoms. The monoisotopic (exact) mass is 201 g/mol. The summed E-state index contributed by atoms with van der Waals surface area (Å²) >= 11 is 3.64. The van der Waals surface area contributed by atoms with Gasteiger partial charge in [0.15, 0.2) is 0 Å². The van der Waals surface area contributed by atoms with E-state index in [1.54, 1.807) is 11.3 Å². The molecule has 1 rings (SSSR count). The molecule has 1 heterocycles. The molecule has 1 unspecified atom stereocenters. The largest absolute Gasteiger partial charge is 0.309 e. The molecule has 0 aromatic carbocycles. The van der Waals surface area contributed by atoms with E-state index in [4.69, 9.17) is 0 Å². The Kier molecular flexibility index (Phi) is 4.73. The second kappa shape index (κ2) is 5.62. The highest BCUT2D eigenvalue weighted by molar-refractivity contribution is 7.98. The lowest BCUT2D eigenvalue weighted by Gasteiger charge is -2.11. The zero-order valence-electron chi connectivity index (χ0n) is 7.54. The summed E-state index contributed by atoms with van der Waals surface area (Å²) in [6.45, 7) is 3.31. The van der Waals surface area contributed by atoms with Crippen molar-refractivity contribution in [2.24, 2.45) is 0 Å². The van der Waals surface area contributed by atoms with Crippen LogP contribution < -0.4 is 5.32 Å². The molecule has 0 spiro atoms. The van der Waals surface area contributed by atoms with Crippen LogP contribution in [0.5, 0.6) is 0 Å². The average Bonchev–Trinajstić information content (AvgIpc) is 2.56. The van der Waals surface area contributed by atoms with E-state index in [2.05, 4.69) is 35.3 Å². The Labute approximate surface area is 82.6 Å². The second-order valence-corrected chi connectivity index (χ2v) is 4.49. The first kappa shape index (κ1) is 10.1. The molecule has 0 bridgehead atoms. The van der Waals surface area contributed by atoms with Crippen molar-refractivity contribution in [3.8, 4) is 0 Å². The minimum atomic E-state index is 0.503. The van der Waals surface area contributed by atoms with Crippen LogP contribution in [-0.2, 0) is 0 Å². The van der Waals surface area contributed by atoms with Gasteiger partial charge in [0.25, 0.3) is 0 Å². The number of nitrogens with one attached hydrogen (secondary N) is 1. The van der Waals surface area contributed by atoms with Gasteiger partial charge in [-0.2, -0.15) is 23.1 Å². The van der Waals surface area contributed by atoms with Crippen molar-refractivity contribution >= 4 is 23.1 Å². The van der Waals surface area contributed by atoms with Crippen molar-refractivity contribution in [1.29, 1.82) is 0 Å². The van der Waals surface area contributed by atoms with Gasteiger partial charge in [0.1, 0.15) is 0 Å². The Hall–Kier alpha value is 0.01000. The predicted molar refractivity (Wildman–Crippen MR) is 59.1 cm³/mol. The fourth-order valence-corrected chi connectivity index (χ4v) is 2.09. The van der Waals surface area contributed by atoms with Gasteiger partial charge in [-0.1, -0.05) is 0 Å². The van der Waals surface area contributed by atoms with Crippen molar-refractivity contribution in [2.75, 3.05) is 18.6 Å². The van der Waals surface area contributed by atoms with E-state index in [0.717, 1.165) is 6.54 Å². The van der Waals surface area contributed by atoms with Crippen molar-refractivity contribution in [3.05, 3.63) is 22.4 Å². The summed E-state index contributed by atoms with van der Waals surface area (Å²) in [5.74, 6) is 1.19. The number of hydrogen-bond donors (Lipinski definition) is 1. The summed E-state index contributed by atoms with van der Waals surface area (Å²) in [5.41, 5.74) is 1.40. The molecule has 0 aliphatic heterocycles. The molecule has 68 valence electrons. The van der Waals surface area contributed by atoms with Crippen molar-refractivity contribution in [1.82, 2.24) is 5.32 Å². The first-order chi connectivity index (χ1) is 5.84. The third-order valence-corrected chi connectivity index (χ3v) is 3.11. The third-order valence-electron chi connectivity index (χ3n) is 1.80. The summed E-state index contributed by atoms with van der Waals surface area (Å²) in [6.07, 6.45) is 2.14. The van der Waals surface area contributed by atoms with Gasteiger partial charge in [0.05, 0.1) is 0 Å². The molecular weight excluding hydrogens is 186 g/mol. The van der Waals surface area contributed by atoms with Gasteiger partial charge in [0.2, 0.25) is 0 Å². The van der Waals surface area contributed by atoms with Crippen LogP contribution in [0.2, 0.25) is 0 Å². The van der Waals surface area contributed by atoms with Gasteiger partial charge in [-0.25, -0.2) is 0 Å². The number of rotatable bonds is 5. The molecule has 0 aliphatic carbocycles. The number of hydrogen-bond acceptors (Lipinski definition) is 3. The molecule has 0 aliphatic rings. The lowest BCUT2D eigenvalue weighted by molar-refractivity contribution is 0.603. The molecule has 0 radical (unpaired) electrons. The highest BCUT2D eigenvalue weighted by Gasteiger charge is 2.02. The Morgan fingerprint density at radius 2 is 2.50 bits per heavy atom. The average molecular weight is 201 g/mol. The smallest absolute Gasteiger partial charge is 0.0300 e. The Balaban J connectivity index is 2.25. The number of thiophene rings is 1. The molecule has 1 atom stereocenters. The highest BCUT2D eigenvalue weighted by atomic mass is 32.2. The van der Waals surface area contributed by atoms with Crippen LogP contribution in [0.25, 0.3) is 0 Å². The lowest BCUT2D eigenvalue weighted by Crippen LogP contribution is -2.20. The van der Waals surface area contributed by atoms with Crippen LogP contribution in [0.4, 0.5) is 0 Å². The van der Waals surface area contributed by atoms with E-state index >= 15 is 0 Å². The molecule has 1 aromatic rings. The van der Waals surface area contributed by atoms with E-state index in [1.165, 1.54) is 11.3 Å². The molecule has 0 saturated heterocycles. The Morgan fingerprint density at radius 3 is 3.08 bits per heavy atom. The molecule has 1 aromatic heterocycles. The van der Waals surface area contributed by atoms with Crippen LogP contribution in [0.15, 0.2) is 16.8 Å². The van der Waals surface area contributed by atoms with E-state index in [-0.39, 0.29) is 0 Å². The van der Waals surface area contributed by atoms with Crippen LogP contribution in [0, 0.1) is 0 Å². The maximum absolute atomic E-state index is 3.47. The second-order valence-electron chi connectivity index (χ2n) is 2.73. The summed E-state index contributed by atoms with van der Waals surface area (Å²) in [5, 5.41) is 7.80. The molecule has 3 heteroatoms. The van der Waals surface area contributed by atoms with Gasteiger partial charge in [0, 0.05) is 18.3 Å². The normalized spacial score (nSPS) is 13.2. The molecule has 1 nitrogen and oxygen atoms in total. The standard InChI is InChI=1S/C9H15NS2/c1-8(10-4-6-11-2)9-3-5-12-7-9/h3,5,7-8,10H,4,6H2,1-2H3. The molecule has 0 fully saturated rings. The molecule has 0 saturated carbocycles. The fraction of sp³-hybridized carbons (Fsp3) is 0.556. The van der Waals surface area contributed by atoms with Crippen LogP contribution >= 0.6 is 23.1 Å². The zero-order chi connectivity index (χ0) is 8.81. The number of thioether (sulfide) groups is 1. The van der Waals surface area contributed by atoms with E-state index in [9.17, 15) is 0 Å². The van der Waals surface area contributed by atoms with E-state index < -0.39 is 0 Å². The molecule has 1 N–H and O–H groups in total.